The number of rotatable bonds is 7. The molecule has 3 aromatic rings. The van der Waals surface area contributed by atoms with Crippen LogP contribution in [-0.4, -0.2) is 42.8 Å². The smallest absolute Gasteiger partial charge is 0.324 e. The first-order valence-electron chi connectivity index (χ1n) is 10.9. The van der Waals surface area contributed by atoms with E-state index in [1.54, 1.807) is 7.11 Å². The summed E-state index contributed by atoms with van der Waals surface area (Å²) < 4.78 is 10.7. The lowest BCUT2D eigenvalue weighted by Crippen LogP contribution is -2.43. The zero-order valence-electron chi connectivity index (χ0n) is 18.3. The maximum Gasteiger partial charge on any atom is 0.324 e. The van der Waals surface area contributed by atoms with Gasteiger partial charge in [-0.25, -0.2) is 0 Å². The molecule has 0 atom stereocenters. The van der Waals surface area contributed by atoms with Crippen LogP contribution in [0, 0.1) is 5.92 Å². The molecule has 7 nitrogen and oxygen atoms in total. The molecule has 4 rings (SSSR count). The molecular formula is C24H27ClN4O3. The van der Waals surface area contributed by atoms with Crippen molar-refractivity contribution in [2.75, 3.05) is 36.5 Å². The lowest BCUT2D eigenvalue weighted by atomic mass is 9.95. The fraction of sp³-hybridized carbons (Fsp3) is 0.375. The van der Waals surface area contributed by atoms with Gasteiger partial charge in [-0.3, -0.25) is 4.79 Å². The summed E-state index contributed by atoms with van der Waals surface area (Å²) in [5.74, 6) is 1.43. The number of hydrogen-bond acceptors (Lipinski definition) is 6. The van der Waals surface area contributed by atoms with Gasteiger partial charge in [0.2, 0.25) is 11.7 Å². The molecule has 8 heteroatoms. The summed E-state index contributed by atoms with van der Waals surface area (Å²) in [6.45, 7) is 4.13. The first-order chi connectivity index (χ1) is 15.6. The minimum atomic E-state index is -0.0410. The van der Waals surface area contributed by atoms with Crippen LogP contribution in [0.2, 0.25) is 5.02 Å². The molecule has 1 amide bonds. The Hall–Kier alpha value is -3.06. The molecule has 0 radical (unpaired) electrons. The van der Waals surface area contributed by atoms with Gasteiger partial charge in [0.05, 0.1) is 7.11 Å². The van der Waals surface area contributed by atoms with Crippen molar-refractivity contribution in [3.05, 3.63) is 53.6 Å². The molecule has 168 valence electrons. The number of anilines is 2. The number of methoxy groups -OCH3 is 1. The molecule has 0 bridgehead atoms. The van der Waals surface area contributed by atoms with Crippen LogP contribution in [0.5, 0.6) is 5.75 Å². The van der Waals surface area contributed by atoms with Gasteiger partial charge in [0.1, 0.15) is 5.75 Å². The Morgan fingerprint density at radius 1 is 1.22 bits per heavy atom. The van der Waals surface area contributed by atoms with Gasteiger partial charge in [0.25, 0.3) is 0 Å². The number of piperidine rings is 1. The number of amides is 1. The lowest BCUT2D eigenvalue weighted by molar-refractivity contribution is -0.123. The van der Waals surface area contributed by atoms with E-state index in [0.717, 1.165) is 36.3 Å². The first kappa shape index (κ1) is 22.1. The van der Waals surface area contributed by atoms with E-state index in [2.05, 4.69) is 17.1 Å². The summed E-state index contributed by atoms with van der Waals surface area (Å²) in [5, 5.41) is 4.75. The topological polar surface area (TPSA) is 71.7 Å². The number of ether oxygens (including phenoxy) is 1. The largest absolute Gasteiger partial charge is 0.497 e. The number of hydrogen-bond donors (Lipinski definition) is 0. The van der Waals surface area contributed by atoms with Gasteiger partial charge in [-0.1, -0.05) is 29.7 Å². The van der Waals surface area contributed by atoms with Crippen LogP contribution in [0.4, 0.5) is 11.7 Å². The summed E-state index contributed by atoms with van der Waals surface area (Å²) >= 11 is 6.15. The minimum Gasteiger partial charge on any atom is -0.497 e. The van der Waals surface area contributed by atoms with Crippen molar-refractivity contribution in [3.8, 4) is 17.1 Å². The van der Waals surface area contributed by atoms with Crippen LogP contribution in [-0.2, 0) is 4.79 Å². The van der Waals surface area contributed by atoms with Crippen LogP contribution >= 0.6 is 11.6 Å². The van der Waals surface area contributed by atoms with E-state index in [1.165, 1.54) is 0 Å². The van der Waals surface area contributed by atoms with Gasteiger partial charge in [-0.05, 0) is 61.7 Å². The summed E-state index contributed by atoms with van der Waals surface area (Å²) in [5.41, 5.74) is 1.72. The summed E-state index contributed by atoms with van der Waals surface area (Å²) in [7, 11) is 1.63. The zero-order chi connectivity index (χ0) is 22.5. The molecule has 0 unspecified atom stereocenters. The Balaban J connectivity index is 1.40. The normalized spacial score (nSPS) is 14.4. The highest BCUT2D eigenvalue weighted by Crippen LogP contribution is 2.28. The second kappa shape index (κ2) is 10.0. The number of carbonyl (C=O) groups excluding carboxylic acids is 1. The standard InChI is InChI=1S/C24H27ClN4O3/c1-3-13-29(20-6-4-5-19(25)16-20)23(30)18-11-14-28(15-12-18)24-26-22(27-32-24)17-7-9-21(31-2)10-8-17/h4-10,16,18H,3,11-15H2,1-2H3. The molecule has 2 aromatic carbocycles. The van der Waals surface area contributed by atoms with Gasteiger partial charge in [-0.15, -0.1) is 0 Å². The van der Waals surface area contributed by atoms with Crippen molar-refractivity contribution < 1.29 is 14.1 Å². The molecule has 1 fully saturated rings. The van der Waals surface area contributed by atoms with Crippen molar-refractivity contribution in [1.82, 2.24) is 10.1 Å². The van der Waals surface area contributed by atoms with E-state index in [4.69, 9.17) is 20.9 Å². The highest BCUT2D eigenvalue weighted by molar-refractivity contribution is 6.30. The van der Waals surface area contributed by atoms with Crippen LogP contribution in [0.1, 0.15) is 26.2 Å². The third-order valence-electron chi connectivity index (χ3n) is 5.71. The SMILES string of the molecule is CCCN(C(=O)C1CCN(c2nc(-c3ccc(OC)cc3)no2)CC1)c1cccc(Cl)c1. The van der Waals surface area contributed by atoms with Gasteiger partial charge >= 0.3 is 6.01 Å². The van der Waals surface area contributed by atoms with Gasteiger partial charge in [0, 0.05) is 41.8 Å². The zero-order valence-corrected chi connectivity index (χ0v) is 19.1. The molecule has 1 aliphatic heterocycles. The number of halogens is 1. The van der Waals surface area contributed by atoms with Crippen molar-refractivity contribution in [2.24, 2.45) is 5.92 Å². The lowest BCUT2D eigenvalue weighted by Gasteiger charge is -2.33. The van der Waals surface area contributed by atoms with E-state index >= 15 is 0 Å². The fourth-order valence-electron chi connectivity index (χ4n) is 3.97. The van der Waals surface area contributed by atoms with E-state index in [0.29, 0.717) is 36.5 Å². The average molecular weight is 455 g/mol. The van der Waals surface area contributed by atoms with Crippen LogP contribution in [0.15, 0.2) is 53.1 Å². The Kier molecular flexibility index (Phi) is 6.95. The highest BCUT2D eigenvalue weighted by atomic mass is 35.5. The molecule has 1 saturated heterocycles. The predicted molar refractivity (Wildman–Crippen MR) is 125 cm³/mol. The Bertz CT molecular complexity index is 1050. The third-order valence-corrected chi connectivity index (χ3v) is 5.95. The molecule has 1 aliphatic rings. The molecule has 2 heterocycles. The Labute approximate surface area is 192 Å². The molecule has 1 aromatic heterocycles. The second-order valence-corrected chi connectivity index (χ2v) is 8.30. The Morgan fingerprint density at radius 2 is 1.97 bits per heavy atom. The van der Waals surface area contributed by atoms with Gasteiger partial charge in [0.15, 0.2) is 0 Å². The number of aromatic nitrogens is 2. The van der Waals surface area contributed by atoms with Gasteiger partial charge < -0.3 is 19.1 Å². The molecule has 0 spiro atoms. The Morgan fingerprint density at radius 3 is 2.62 bits per heavy atom. The maximum atomic E-state index is 13.3. The van der Waals surface area contributed by atoms with Crippen LogP contribution in [0.3, 0.4) is 0 Å². The summed E-state index contributed by atoms with van der Waals surface area (Å²) in [6.07, 6.45) is 2.35. The van der Waals surface area contributed by atoms with Gasteiger partial charge in [-0.2, -0.15) is 4.98 Å². The van der Waals surface area contributed by atoms with Crippen molar-refractivity contribution >= 4 is 29.2 Å². The summed E-state index contributed by atoms with van der Waals surface area (Å²) in [4.78, 5) is 21.7. The average Bonchev–Trinajstić information content (AvgIpc) is 3.33. The molecule has 0 N–H and O–H groups in total. The highest BCUT2D eigenvalue weighted by Gasteiger charge is 2.31. The van der Waals surface area contributed by atoms with E-state index in [9.17, 15) is 4.79 Å². The minimum absolute atomic E-state index is 0.0410. The van der Waals surface area contributed by atoms with E-state index in [1.807, 2.05) is 58.3 Å². The van der Waals surface area contributed by atoms with E-state index < -0.39 is 0 Å². The number of benzene rings is 2. The second-order valence-electron chi connectivity index (χ2n) is 7.86. The third kappa shape index (κ3) is 4.88. The van der Waals surface area contributed by atoms with E-state index in [-0.39, 0.29) is 11.8 Å². The van der Waals surface area contributed by atoms with Crippen molar-refractivity contribution in [2.45, 2.75) is 26.2 Å². The maximum absolute atomic E-state index is 13.3. The van der Waals surface area contributed by atoms with Crippen LogP contribution < -0.4 is 14.5 Å². The molecule has 32 heavy (non-hydrogen) atoms. The van der Waals surface area contributed by atoms with Crippen molar-refractivity contribution in [3.63, 3.8) is 0 Å². The first-order valence-corrected chi connectivity index (χ1v) is 11.3. The van der Waals surface area contributed by atoms with Crippen molar-refractivity contribution in [1.29, 1.82) is 0 Å². The fourth-order valence-corrected chi connectivity index (χ4v) is 4.16. The van der Waals surface area contributed by atoms with Crippen LogP contribution in [0.25, 0.3) is 11.4 Å². The predicted octanol–water partition coefficient (Wildman–Crippen LogP) is 5.06. The molecule has 0 saturated carbocycles. The summed E-state index contributed by atoms with van der Waals surface area (Å²) in [6, 6.07) is 15.5. The monoisotopic (exact) mass is 454 g/mol. The number of carbonyl (C=O) groups is 1. The molecular weight excluding hydrogens is 428 g/mol. The number of nitrogens with zero attached hydrogens (tertiary/aromatic N) is 4. The quantitative estimate of drug-likeness (QED) is 0.497. The molecule has 0 aliphatic carbocycles.